The van der Waals surface area contributed by atoms with Gasteiger partial charge in [0.15, 0.2) is 5.65 Å². The van der Waals surface area contributed by atoms with E-state index in [1.165, 1.54) is 7.11 Å². The lowest BCUT2D eigenvalue weighted by Gasteiger charge is -2.20. The molecule has 0 unspecified atom stereocenters. The van der Waals surface area contributed by atoms with E-state index in [1.54, 1.807) is 32.3 Å². The van der Waals surface area contributed by atoms with Crippen LogP contribution in [0.1, 0.15) is 40.3 Å². The summed E-state index contributed by atoms with van der Waals surface area (Å²) in [6, 6.07) is 0. The molecule has 2 aromatic rings. The van der Waals surface area contributed by atoms with Crippen LogP contribution in [0.25, 0.3) is 11.0 Å². The number of hydrogen-bond donors (Lipinski definition) is 1. The zero-order valence-electron chi connectivity index (χ0n) is 19.3. The monoisotopic (exact) mass is 604 g/mol. The van der Waals surface area contributed by atoms with Crippen molar-refractivity contribution in [2.24, 2.45) is 11.8 Å². The van der Waals surface area contributed by atoms with Crippen LogP contribution in [0, 0.1) is 11.8 Å². The van der Waals surface area contributed by atoms with E-state index in [0.717, 1.165) is 0 Å². The van der Waals surface area contributed by atoms with Crippen LogP contribution in [0.2, 0.25) is 0 Å². The van der Waals surface area contributed by atoms with E-state index in [1.807, 2.05) is 0 Å². The molecular weight excluding hydrogens is 580 g/mol. The summed E-state index contributed by atoms with van der Waals surface area (Å²) >= 11 is 7.09. The van der Waals surface area contributed by atoms with E-state index >= 15 is 0 Å². The quantitative estimate of drug-likeness (QED) is 0.336. The number of ether oxygens (including phenoxy) is 4. The fourth-order valence-corrected chi connectivity index (χ4v) is 4.51. The van der Waals surface area contributed by atoms with Crippen LogP contribution < -0.4 is 10.1 Å². The third kappa shape index (κ3) is 5.36. The number of carbonyl (C=O) groups excluding carboxylic acids is 3. The van der Waals surface area contributed by atoms with Crippen LogP contribution >= 0.6 is 31.9 Å². The van der Waals surface area contributed by atoms with Gasteiger partial charge in [-0.1, -0.05) is 27.7 Å². The molecule has 13 heteroatoms. The van der Waals surface area contributed by atoms with E-state index < -0.39 is 18.4 Å². The van der Waals surface area contributed by atoms with Gasteiger partial charge in [0.2, 0.25) is 18.2 Å². The zero-order chi connectivity index (χ0) is 25.2. The first kappa shape index (κ1) is 26.4. The van der Waals surface area contributed by atoms with Crippen LogP contribution in [0.5, 0.6) is 5.88 Å². The second kappa shape index (κ2) is 11.0. The van der Waals surface area contributed by atoms with Crippen LogP contribution in [0.15, 0.2) is 9.08 Å². The molecule has 3 atom stereocenters. The van der Waals surface area contributed by atoms with Crippen molar-refractivity contribution < 1.29 is 33.3 Å². The summed E-state index contributed by atoms with van der Waals surface area (Å²) in [7, 11) is 1.46. The van der Waals surface area contributed by atoms with Gasteiger partial charge in [0.05, 0.1) is 28.8 Å². The molecular formula is C21H26Br2N4O7. The first-order valence-electron chi connectivity index (χ1n) is 10.6. The number of aromatic nitrogens is 3. The van der Waals surface area contributed by atoms with Crippen molar-refractivity contribution >= 4 is 67.2 Å². The molecule has 1 amide bonds. The van der Waals surface area contributed by atoms with Gasteiger partial charge in [-0.15, -0.1) is 0 Å². The fourth-order valence-electron chi connectivity index (χ4n) is 3.37. The number of anilines is 1. The van der Waals surface area contributed by atoms with E-state index in [-0.39, 0.29) is 48.6 Å². The molecule has 186 valence electrons. The molecule has 3 heterocycles. The number of fused-ring (bicyclic) bond motifs is 1. The Morgan fingerprint density at radius 3 is 2.47 bits per heavy atom. The Morgan fingerprint density at radius 2 is 1.88 bits per heavy atom. The summed E-state index contributed by atoms with van der Waals surface area (Å²) in [5.41, 5.74) is 0.411. The first-order valence-corrected chi connectivity index (χ1v) is 12.2. The predicted octanol–water partition coefficient (Wildman–Crippen LogP) is 3.59. The standard InChI is InChI=1S/C21H26Br2N4O7/c1-9(2)19(29)32-7-12-11(34-20(30)10(3)4)6-13(33-12)27-16(23)15(22)14-17(27)25-21(24-8-28)26-18(14)31-5/h8-13H,6-7H2,1-5H3,(H,24,25,26,28)/t11-,12+,13+/m0/s1. The molecule has 1 N–H and O–H groups in total. The largest absolute Gasteiger partial charge is 0.480 e. The second-order valence-corrected chi connectivity index (χ2v) is 9.82. The van der Waals surface area contributed by atoms with Crippen molar-refractivity contribution in [3.8, 4) is 5.88 Å². The van der Waals surface area contributed by atoms with Crippen molar-refractivity contribution in [1.29, 1.82) is 0 Å². The molecule has 1 saturated heterocycles. The van der Waals surface area contributed by atoms with Gasteiger partial charge in [0, 0.05) is 6.42 Å². The highest BCUT2D eigenvalue weighted by molar-refractivity contribution is 9.13. The number of esters is 2. The summed E-state index contributed by atoms with van der Waals surface area (Å²) in [5, 5.41) is 2.98. The van der Waals surface area contributed by atoms with Gasteiger partial charge in [0.1, 0.15) is 29.6 Å². The fraction of sp³-hybridized carbons (Fsp3) is 0.571. The molecule has 0 aliphatic carbocycles. The number of nitrogens with one attached hydrogen (secondary N) is 1. The Labute approximate surface area is 213 Å². The van der Waals surface area contributed by atoms with Gasteiger partial charge in [-0.3, -0.25) is 24.3 Å². The number of amides is 1. The second-order valence-electron chi connectivity index (χ2n) is 8.27. The number of rotatable bonds is 9. The van der Waals surface area contributed by atoms with Crippen LogP contribution in [0.3, 0.4) is 0 Å². The van der Waals surface area contributed by atoms with Crippen molar-refractivity contribution in [2.45, 2.75) is 52.6 Å². The molecule has 1 aliphatic rings. The molecule has 0 radical (unpaired) electrons. The van der Waals surface area contributed by atoms with Gasteiger partial charge in [-0.2, -0.15) is 9.97 Å². The molecule has 0 bridgehead atoms. The van der Waals surface area contributed by atoms with Crippen molar-refractivity contribution in [2.75, 3.05) is 19.0 Å². The molecule has 0 aromatic carbocycles. The average Bonchev–Trinajstić information content (AvgIpc) is 3.29. The third-order valence-corrected chi connectivity index (χ3v) is 7.23. The molecule has 1 fully saturated rings. The van der Waals surface area contributed by atoms with Crippen LogP contribution in [-0.2, 0) is 28.6 Å². The lowest BCUT2D eigenvalue weighted by atomic mass is 10.1. The minimum atomic E-state index is -0.685. The van der Waals surface area contributed by atoms with Gasteiger partial charge in [-0.05, 0) is 31.9 Å². The van der Waals surface area contributed by atoms with Crippen molar-refractivity contribution in [3.63, 3.8) is 0 Å². The van der Waals surface area contributed by atoms with Crippen molar-refractivity contribution in [3.05, 3.63) is 9.08 Å². The topological polar surface area (TPSA) is 131 Å². The highest BCUT2D eigenvalue weighted by Crippen LogP contribution is 2.44. The minimum Gasteiger partial charge on any atom is -0.480 e. The smallest absolute Gasteiger partial charge is 0.308 e. The van der Waals surface area contributed by atoms with E-state index in [4.69, 9.17) is 18.9 Å². The Kier molecular flexibility index (Phi) is 8.52. The predicted molar refractivity (Wildman–Crippen MR) is 128 cm³/mol. The SMILES string of the molecule is COc1nc(NC=O)nc2c1c(Br)c(Br)n2[C@H]1C[C@H](OC(=O)C(C)C)[C@@H](COC(=O)C(C)C)O1. The van der Waals surface area contributed by atoms with Crippen LogP contribution in [-0.4, -0.2) is 58.8 Å². The third-order valence-electron chi connectivity index (χ3n) is 5.15. The molecule has 0 saturated carbocycles. The van der Waals surface area contributed by atoms with Crippen LogP contribution in [0.4, 0.5) is 5.95 Å². The lowest BCUT2D eigenvalue weighted by molar-refractivity contribution is -0.162. The summed E-state index contributed by atoms with van der Waals surface area (Å²) in [4.78, 5) is 43.9. The molecule has 11 nitrogen and oxygen atoms in total. The molecule has 3 rings (SSSR count). The van der Waals surface area contributed by atoms with E-state index in [2.05, 4.69) is 47.1 Å². The lowest BCUT2D eigenvalue weighted by Crippen LogP contribution is -2.33. The van der Waals surface area contributed by atoms with E-state index in [0.29, 0.717) is 26.5 Å². The summed E-state index contributed by atoms with van der Waals surface area (Å²) in [6.45, 7) is 6.87. The molecule has 34 heavy (non-hydrogen) atoms. The van der Waals surface area contributed by atoms with E-state index in [9.17, 15) is 14.4 Å². The highest BCUT2D eigenvalue weighted by atomic mass is 79.9. The molecule has 1 aliphatic heterocycles. The maximum Gasteiger partial charge on any atom is 0.308 e. The maximum absolute atomic E-state index is 12.3. The normalized spacial score (nSPS) is 20.1. The number of hydrogen-bond acceptors (Lipinski definition) is 9. The first-order chi connectivity index (χ1) is 16.1. The average molecular weight is 606 g/mol. The van der Waals surface area contributed by atoms with Crippen molar-refractivity contribution in [1.82, 2.24) is 14.5 Å². The van der Waals surface area contributed by atoms with Gasteiger partial charge < -0.3 is 18.9 Å². The number of nitrogens with zero attached hydrogens (tertiary/aromatic N) is 3. The maximum atomic E-state index is 12.3. The Hall–Kier alpha value is -2.25. The number of carbonyl (C=O) groups is 3. The summed E-state index contributed by atoms with van der Waals surface area (Å²) in [5.74, 6) is -1.11. The van der Waals surface area contributed by atoms with Gasteiger partial charge >= 0.3 is 11.9 Å². The Balaban J connectivity index is 2.00. The highest BCUT2D eigenvalue weighted by Gasteiger charge is 2.42. The van der Waals surface area contributed by atoms with Gasteiger partial charge in [0.25, 0.3) is 0 Å². The summed E-state index contributed by atoms with van der Waals surface area (Å²) < 4.78 is 25.6. The zero-order valence-corrected chi connectivity index (χ0v) is 22.5. The molecule has 0 spiro atoms. The Bertz CT molecular complexity index is 1090. The molecule has 2 aromatic heterocycles. The number of halogens is 2. The minimum absolute atomic E-state index is 0.0429. The summed E-state index contributed by atoms with van der Waals surface area (Å²) in [6.07, 6.45) is -1.24. The van der Waals surface area contributed by atoms with Gasteiger partial charge in [-0.25, -0.2) is 0 Å². The number of methoxy groups -OCH3 is 1. The Morgan fingerprint density at radius 1 is 1.21 bits per heavy atom.